The fourth-order valence-corrected chi connectivity index (χ4v) is 3.16. The van der Waals surface area contributed by atoms with Crippen LogP contribution >= 0.6 is 23.2 Å². The number of halogens is 2. The Morgan fingerprint density at radius 2 is 2.13 bits per heavy atom. The zero-order valence-corrected chi connectivity index (χ0v) is 18.0. The molecule has 9 nitrogen and oxygen atoms in total. The second kappa shape index (κ2) is 9.19. The molecule has 0 saturated carbocycles. The molecule has 2 aromatic heterocycles. The number of nitrogens with one attached hydrogen (secondary N) is 1. The van der Waals surface area contributed by atoms with Crippen molar-refractivity contribution in [1.82, 2.24) is 14.7 Å². The summed E-state index contributed by atoms with van der Waals surface area (Å²) in [5, 5.41) is 7.16. The van der Waals surface area contributed by atoms with Gasteiger partial charge in [-0.1, -0.05) is 28.4 Å². The highest BCUT2D eigenvalue weighted by molar-refractivity contribution is 6.33. The van der Waals surface area contributed by atoms with E-state index in [0.29, 0.717) is 22.3 Å². The van der Waals surface area contributed by atoms with Gasteiger partial charge >= 0.3 is 0 Å². The molecule has 0 aliphatic carbocycles. The molecular weight excluding hydrogens is 433 g/mol. The third-order valence-corrected chi connectivity index (χ3v) is 4.78. The first kappa shape index (κ1) is 21.7. The number of benzene rings is 1. The molecule has 0 aliphatic rings. The van der Waals surface area contributed by atoms with Gasteiger partial charge in [-0.25, -0.2) is 4.98 Å². The van der Waals surface area contributed by atoms with Crippen LogP contribution in [0.5, 0.6) is 5.75 Å². The van der Waals surface area contributed by atoms with Crippen molar-refractivity contribution in [2.24, 2.45) is 7.05 Å². The fourth-order valence-electron chi connectivity index (χ4n) is 2.79. The van der Waals surface area contributed by atoms with Crippen LogP contribution < -0.4 is 20.5 Å². The van der Waals surface area contributed by atoms with Crippen molar-refractivity contribution in [3.63, 3.8) is 0 Å². The first-order valence-electron chi connectivity index (χ1n) is 8.91. The average molecular weight is 452 g/mol. The maximum atomic E-state index is 12.9. The molecule has 1 aromatic carbocycles. The highest BCUT2D eigenvalue weighted by Crippen LogP contribution is 2.24. The van der Waals surface area contributed by atoms with Crippen LogP contribution in [0.2, 0.25) is 10.0 Å². The Labute approximate surface area is 182 Å². The van der Waals surface area contributed by atoms with E-state index in [1.54, 1.807) is 44.1 Å². The van der Waals surface area contributed by atoms with Crippen molar-refractivity contribution in [2.75, 3.05) is 23.9 Å². The van der Waals surface area contributed by atoms with Gasteiger partial charge in [0.15, 0.2) is 5.69 Å². The highest BCUT2D eigenvalue weighted by Gasteiger charge is 2.24. The van der Waals surface area contributed by atoms with Crippen molar-refractivity contribution < 1.29 is 14.1 Å². The molecule has 3 aromatic rings. The maximum Gasteiger partial charge on any atom is 0.297 e. The number of carbonyl (C=O) groups is 1. The number of hydrogen-bond acceptors (Lipinski definition) is 7. The van der Waals surface area contributed by atoms with Crippen LogP contribution in [0.3, 0.4) is 0 Å². The van der Waals surface area contributed by atoms with E-state index in [-0.39, 0.29) is 24.0 Å². The molecule has 30 heavy (non-hydrogen) atoms. The van der Waals surface area contributed by atoms with Crippen molar-refractivity contribution in [1.29, 1.82) is 0 Å². The molecule has 0 bridgehead atoms. The molecule has 3 rings (SSSR count). The second-order valence-corrected chi connectivity index (χ2v) is 7.19. The third-order valence-electron chi connectivity index (χ3n) is 4.18. The standard InChI is InChI=1S/C19H19Cl2N5O4/c1-4-29-16-15(17(27)23-13-8-22-30-10-13)24-19(26(3)18(16)28)25(2)9-11-7-12(20)5-6-14(11)21/h5-8,10H,4,9H2,1-3H3,(H,23,27). The number of nitrogens with zero attached hydrogens (tertiary/aromatic N) is 4. The minimum atomic E-state index is -0.630. The van der Waals surface area contributed by atoms with E-state index in [9.17, 15) is 9.59 Å². The first-order chi connectivity index (χ1) is 14.3. The molecule has 11 heteroatoms. The molecule has 2 heterocycles. The van der Waals surface area contributed by atoms with Crippen molar-refractivity contribution in [3.05, 3.63) is 62.3 Å². The van der Waals surface area contributed by atoms with Gasteiger partial charge in [0.25, 0.3) is 11.5 Å². The van der Waals surface area contributed by atoms with Crippen LogP contribution in [0.4, 0.5) is 11.6 Å². The topological polar surface area (TPSA) is 102 Å². The largest absolute Gasteiger partial charge is 0.486 e. The van der Waals surface area contributed by atoms with E-state index >= 15 is 0 Å². The SMILES string of the molecule is CCOc1c(C(=O)Nc2cnoc2)nc(N(C)Cc2cc(Cl)ccc2Cl)n(C)c1=O. The molecular formula is C19H19Cl2N5O4. The van der Waals surface area contributed by atoms with Crippen LogP contribution in [0, 0.1) is 0 Å². The Kier molecular flexibility index (Phi) is 6.63. The van der Waals surface area contributed by atoms with Gasteiger partial charge in [0.2, 0.25) is 11.7 Å². The fraction of sp³-hybridized carbons (Fsp3) is 0.263. The van der Waals surface area contributed by atoms with Crippen molar-refractivity contribution >= 4 is 40.7 Å². The quantitative estimate of drug-likeness (QED) is 0.587. The molecule has 1 N–H and O–H groups in total. The summed E-state index contributed by atoms with van der Waals surface area (Å²) in [4.78, 5) is 31.8. The molecule has 1 amide bonds. The van der Waals surface area contributed by atoms with E-state index in [4.69, 9.17) is 32.5 Å². The lowest BCUT2D eigenvalue weighted by molar-refractivity contribution is 0.101. The number of anilines is 2. The summed E-state index contributed by atoms with van der Waals surface area (Å²) >= 11 is 12.3. The second-order valence-electron chi connectivity index (χ2n) is 6.35. The number of aromatic nitrogens is 3. The minimum Gasteiger partial charge on any atom is -0.486 e. The zero-order chi connectivity index (χ0) is 21.8. The smallest absolute Gasteiger partial charge is 0.297 e. The maximum absolute atomic E-state index is 12.9. The van der Waals surface area contributed by atoms with Crippen molar-refractivity contribution in [2.45, 2.75) is 13.5 Å². The minimum absolute atomic E-state index is 0.146. The Morgan fingerprint density at radius 3 is 2.80 bits per heavy atom. The summed E-state index contributed by atoms with van der Waals surface area (Å²) in [7, 11) is 3.27. The van der Waals surface area contributed by atoms with Gasteiger partial charge in [-0.15, -0.1) is 0 Å². The van der Waals surface area contributed by atoms with Crippen LogP contribution in [0.1, 0.15) is 23.0 Å². The van der Waals surface area contributed by atoms with Crippen LogP contribution in [-0.2, 0) is 13.6 Å². The van der Waals surface area contributed by atoms with Crippen LogP contribution in [-0.4, -0.2) is 34.3 Å². The Morgan fingerprint density at radius 1 is 1.37 bits per heavy atom. The zero-order valence-electron chi connectivity index (χ0n) is 16.5. The summed E-state index contributed by atoms with van der Waals surface area (Å²) in [6.45, 7) is 2.21. The summed E-state index contributed by atoms with van der Waals surface area (Å²) in [5.74, 6) is -0.531. The van der Waals surface area contributed by atoms with E-state index in [1.165, 1.54) is 17.0 Å². The number of rotatable bonds is 7. The summed E-state index contributed by atoms with van der Waals surface area (Å²) in [6, 6.07) is 5.10. The molecule has 0 spiro atoms. The van der Waals surface area contributed by atoms with E-state index in [1.807, 2.05) is 0 Å². The monoisotopic (exact) mass is 451 g/mol. The van der Waals surface area contributed by atoms with Gasteiger partial charge in [0.05, 0.1) is 12.8 Å². The predicted molar refractivity (Wildman–Crippen MR) is 114 cm³/mol. The van der Waals surface area contributed by atoms with Gasteiger partial charge in [-0.05, 0) is 30.7 Å². The lowest BCUT2D eigenvalue weighted by Gasteiger charge is -2.23. The van der Waals surface area contributed by atoms with Gasteiger partial charge in [0.1, 0.15) is 12.0 Å². The molecule has 0 atom stereocenters. The Bertz CT molecular complexity index is 1110. The van der Waals surface area contributed by atoms with Crippen LogP contribution in [0.15, 0.2) is 40.0 Å². The van der Waals surface area contributed by atoms with Gasteiger partial charge in [-0.3, -0.25) is 14.2 Å². The number of carbonyl (C=O) groups excluding carboxylic acids is 1. The average Bonchev–Trinajstić information content (AvgIpc) is 3.21. The molecule has 0 aliphatic heterocycles. The normalized spacial score (nSPS) is 10.7. The number of amides is 1. The summed E-state index contributed by atoms with van der Waals surface area (Å²) < 4.78 is 11.4. The Hall–Kier alpha value is -3.04. The lowest BCUT2D eigenvalue weighted by Crippen LogP contribution is -2.32. The van der Waals surface area contributed by atoms with E-state index in [2.05, 4.69) is 15.5 Å². The predicted octanol–water partition coefficient (Wildman–Crippen LogP) is 3.36. The number of hydrogen-bond donors (Lipinski definition) is 1. The summed E-state index contributed by atoms with van der Waals surface area (Å²) in [6.07, 6.45) is 2.58. The van der Waals surface area contributed by atoms with Gasteiger partial charge in [-0.2, -0.15) is 0 Å². The molecule has 158 valence electrons. The lowest BCUT2D eigenvalue weighted by atomic mass is 10.2. The molecule has 0 fully saturated rings. The van der Waals surface area contributed by atoms with Crippen molar-refractivity contribution in [3.8, 4) is 5.75 Å². The van der Waals surface area contributed by atoms with E-state index < -0.39 is 11.5 Å². The first-order valence-corrected chi connectivity index (χ1v) is 9.67. The van der Waals surface area contributed by atoms with E-state index in [0.717, 1.165) is 5.56 Å². The molecule has 0 unspecified atom stereocenters. The highest BCUT2D eigenvalue weighted by atomic mass is 35.5. The van der Waals surface area contributed by atoms with Gasteiger partial charge < -0.3 is 19.5 Å². The molecule has 0 radical (unpaired) electrons. The summed E-state index contributed by atoms with van der Waals surface area (Å²) in [5.41, 5.74) is 0.414. The van der Waals surface area contributed by atoms with Gasteiger partial charge in [0, 0.05) is 30.7 Å². The number of ether oxygens (including phenoxy) is 1. The molecule has 0 saturated heterocycles. The van der Waals surface area contributed by atoms with Crippen LogP contribution in [0.25, 0.3) is 0 Å². The Balaban J connectivity index is 2.01. The third kappa shape index (κ3) is 4.58.